The smallest absolute Gasteiger partial charge is 0.221 e. The van der Waals surface area contributed by atoms with Gasteiger partial charge in [-0.3, -0.25) is 13.6 Å². The lowest BCUT2D eigenvalue weighted by atomic mass is 10.1. The first-order chi connectivity index (χ1) is 9.52. The first-order valence-corrected chi connectivity index (χ1v) is 7.48. The Kier molecular flexibility index (Phi) is 4.29. The molecule has 0 saturated heterocycles. The van der Waals surface area contributed by atoms with Crippen LogP contribution in [-0.4, -0.2) is 38.1 Å². The Morgan fingerprint density at radius 1 is 1.45 bits per heavy atom. The zero-order valence-electron chi connectivity index (χ0n) is 11.5. The molecule has 0 aliphatic heterocycles. The van der Waals surface area contributed by atoms with Crippen LogP contribution < -0.4 is 4.74 Å². The number of nitrogens with zero attached hydrogens (tertiary/aromatic N) is 3. The minimum Gasteiger partial charge on any atom is -0.496 e. The van der Waals surface area contributed by atoms with Gasteiger partial charge in [0.1, 0.15) is 12.1 Å². The first-order valence-electron chi connectivity index (χ1n) is 5.92. The Hall–Kier alpha value is -2.02. The van der Waals surface area contributed by atoms with Gasteiger partial charge in [0.2, 0.25) is 5.16 Å². The summed E-state index contributed by atoms with van der Waals surface area (Å²) >= 11 is 0. The van der Waals surface area contributed by atoms with Crippen molar-refractivity contribution in [1.82, 2.24) is 14.8 Å². The van der Waals surface area contributed by atoms with Gasteiger partial charge in [0.15, 0.2) is 5.78 Å². The molecule has 1 aromatic heterocycles. The van der Waals surface area contributed by atoms with E-state index in [-0.39, 0.29) is 17.5 Å². The highest BCUT2D eigenvalue weighted by Crippen LogP contribution is 2.21. The molecule has 0 aliphatic rings. The van der Waals surface area contributed by atoms with Crippen molar-refractivity contribution in [1.29, 1.82) is 0 Å². The maximum Gasteiger partial charge on any atom is 0.221 e. The molecular formula is C13H15N3O3S. The summed E-state index contributed by atoms with van der Waals surface area (Å²) in [5.41, 5.74) is 1.46. The van der Waals surface area contributed by atoms with Crippen LogP contribution in [0.2, 0.25) is 0 Å². The van der Waals surface area contributed by atoms with Crippen molar-refractivity contribution >= 4 is 16.6 Å². The molecule has 2 aromatic rings. The van der Waals surface area contributed by atoms with Gasteiger partial charge in [-0.25, -0.2) is 0 Å². The van der Waals surface area contributed by atoms with E-state index >= 15 is 0 Å². The van der Waals surface area contributed by atoms with E-state index in [2.05, 4.69) is 10.2 Å². The fourth-order valence-electron chi connectivity index (χ4n) is 1.86. The lowest BCUT2D eigenvalue weighted by Crippen LogP contribution is -2.14. The number of Topliss-reactive ketones (excluding diaryl/α,β-unsaturated/α-hetero) is 1. The van der Waals surface area contributed by atoms with E-state index in [4.69, 9.17) is 4.74 Å². The van der Waals surface area contributed by atoms with E-state index in [1.54, 1.807) is 12.1 Å². The number of aryl methyl sites for hydroxylation is 1. The highest BCUT2D eigenvalue weighted by Gasteiger charge is 2.16. The summed E-state index contributed by atoms with van der Waals surface area (Å²) in [4.78, 5) is 12.4. The van der Waals surface area contributed by atoms with Crippen molar-refractivity contribution in [3.8, 4) is 5.75 Å². The second-order valence-electron chi connectivity index (χ2n) is 4.32. The lowest BCUT2D eigenvalue weighted by Gasteiger charge is -2.09. The zero-order chi connectivity index (χ0) is 14.7. The van der Waals surface area contributed by atoms with Gasteiger partial charge in [-0.2, -0.15) is 0 Å². The molecule has 0 unspecified atom stereocenters. The van der Waals surface area contributed by atoms with Crippen LogP contribution in [0.4, 0.5) is 0 Å². The van der Waals surface area contributed by atoms with Gasteiger partial charge in [0.05, 0.1) is 30.0 Å². The van der Waals surface area contributed by atoms with E-state index in [9.17, 15) is 9.00 Å². The van der Waals surface area contributed by atoms with Gasteiger partial charge in [-0.05, 0) is 19.1 Å². The monoisotopic (exact) mass is 293 g/mol. The summed E-state index contributed by atoms with van der Waals surface area (Å²) in [6.07, 6.45) is 2.90. The van der Waals surface area contributed by atoms with Crippen molar-refractivity contribution in [2.75, 3.05) is 13.4 Å². The number of hydrogen-bond donors (Lipinski definition) is 0. The third kappa shape index (κ3) is 2.93. The number of methoxy groups -OCH3 is 1. The number of carbonyl (C=O) groups is 1. The Bertz CT molecular complexity index is 667. The van der Waals surface area contributed by atoms with E-state index < -0.39 is 10.8 Å². The zero-order valence-corrected chi connectivity index (χ0v) is 12.3. The van der Waals surface area contributed by atoms with Crippen molar-refractivity contribution in [2.45, 2.75) is 18.6 Å². The lowest BCUT2D eigenvalue weighted by molar-refractivity contribution is 0.0966. The maximum absolute atomic E-state index is 12.4. The number of ether oxygens (including phenoxy) is 1. The van der Waals surface area contributed by atoms with Crippen molar-refractivity contribution in [3.63, 3.8) is 0 Å². The van der Waals surface area contributed by atoms with Crippen LogP contribution in [0, 0.1) is 6.92 Å². The number of aromatic nitrogens is 3. The molecule has 0 saturated carbocycles. The van der Waals surface area contributed by atoms with Crippen LogP contribution in [0.15, 0.2) is 29.7 Å². The molecule has 0 fully saturated rings. The Labute approximate surface area is 119 Å². The van der Waals surface area contributed by atoms with Gasteiger partial charge in [0.25, 0.3) is 0 Å². The second-order valence-corrected chi connectivity index (χ2v) is 5.60. The quantitative estimate of drug-likeness (QED) is 0.775. The van der Waals surface area contributed by atoms with Gasteiger partial charge in [-0.1, -0.05) is 11.6 Å². The number of carbonyl (C=O) groups excluding carboxylic acids is 1. The Balaban J connectivity index is 2.30. The number of ketones is 1. The third-order valence-electron chi connectivity index (χ3n) is 2.81. The van der Waals surface area contributed by atoms with Gasteiger partial charge < -0.3 is 4.74 Å². The Morgan fingerprint density at radius 3 is 2.85 bits per heavy atom. The predicted molar refractivity (Wildman–Crippen MR) is 74.4 cm³/mol. The highest BCUT2D eigenvalue weighted by atomic mass is 32.2. The fourth-order valence-corrected chi connectivity index (χ4v) is 2.46. The maximum atomic E-state index is 12.4. The molecular weight excluding hydrogens is 278 g/mol. The molecule has 20 heavy (non-hydrogen) atoms. The number of hydrogen-bond acceptors (Lipinski definition) is 5. The number of rotatable bonds is 5. The summed E-state index contributed by atoms with van der Waals surface area (Å²) in [5.74, 6) is 0.380. The summed E-state index contributed by atoms with van der Waals surface area (Å²) in [7, 11) is 0.233. The van der Waals surface area contributed by atoms with Gasteiger partial charge in [-0.15, -0.1) is 10.2 Å². The average molecular weight is 293 g/mol. The molecule has 0 spiro atoms. The molecule has 0 aliphatic carbocycles. The highest BCUT2D eigenvalue weighted by molar-refractivity contribution is 7.84. The summed E-state index contributed by atoms with van der Waals surface area (Å²) in [5, 5.41) is 7.72. The standard InChI is InChI=1S/C13H15N3O3S/c1-9-4-5-12(19-2)10(6-9)11(17)7-16-8-14-15-13(16)20(3)18/h4-6,8H,7H2,1-3H3/t20-/m0/s1. The van der Waals surface area contributed by atoms with E-state index in [1.807, 2.05) is 13.0 Å². The van der Waals surface area contributed by atoms with E-state index in [1.165, 1.54) is 24.3 Å². The van der Waals surface area contributed by atoms with Crippen molar-refractivity contribution < 1.29 is 13.7 Å². The topological polar surface area (TPSA) is 74.1 Å². The molecule has 7 heteroatoms. The molecule has 1 heterocycles. The van der Waals surface area contributed by atoms with Crippen LogP contribution >= 0.6 is 0 Å². The molecule has 0 bridgehead atoms. The summed E-state index contributed by atoms with van der Waals surface area (Å²) < 4.78 is 18.2. The normalized spacial score (nSPS) is 12.2. The third-order valence-corrected chi connectivity index (χ3v) is 3.64. The molecule has 2 rings (SSSR count). The summed E-state index contributed by atoms with van der Waals surface area (Å²) in [6.45, 7) is 1.93. The molecule has 106 valence electrons. The van der Waals surface area contributed by atoms with Crippen molar-refractivity contribution in [2.24, 2.45) is 0 Å². The van der Waals surface area contributed by atoms with Crippen LogP contribution in [-0.2, 0) is 17.3 Å². The van der Waals surface area contributed by atoms with Gasteiger partial charge >= 0.3 is 0 Å². The van der Waals surface area contributed by atoms with E-state index in [0.717, 1.165) is 5.56 Å². The van der Waals surface area contributed by atoms with E-state index in [0.29, 0.717) is 11.3 Å². The minimum atomic E-state index is -1.29. The van der Waals surface area contributed by atoms with Crippen LogP contribution in [0.25, 0.3) is 0 Å². The fraction of sp³-hybridized carbons (Fsp3) is 0.308. The molecule has 1 aromatic carbocycles. The molecule has 1 atom stereocenters. The first kappa shape index (κ1) is 14.4. The Morgan fingerprint density at radius 2 is 2.20 bits per heavy atom. The average Bonchev–Trinajstić information content (AvgIpc) is 2.87. The largest absolute Gasteiger partial charge is 0.496 e. The van der Waals surface area contributed by atoms with Crippen molar-refractivity contribution in [3.05, 3.63) is 35.7 Å². The number of benzene rings is 1. The van der Waals surface area contributed by atoms with Crippen LogP contribution in [0.5, 0.6) is 5.75 Å². The van der Waals surface area contributed by atoms with Crippen LogP contribution in [0.1, 0.15) is 15.9 Å². The minimum absolute atomic E-state index is 0.0295. The van der Waals surface area contributed by atoms with Crippen LogP contribution in [0.3, 0.4) is 0 Å². The molecule has 0 amide bonds. The summed E-state index contributed by atoms with van der Waals surface area (Å²) in [6, 6.07) is 5.41. The predicted octanol–water partition coefficient (Wildman–Crippen LogP) is 1.22. The molecule has 0 radical (unpaired) electrons. The molecule has 6 nitrogen and oxygen atoms in total. The van der Waals surface area contributed by atoms with Gasteiger partial charge in [0, 0.05) is 6.26 Å². The SMILES string of the molecule is COc1ccc(C)cc1C(=O)Cn1cnnc1[S@](C)=O. The molecule has 0 N–H and O–H groups in total. The second kappa shape index (κ2) is 5.96.